The van der Waals surface area contributed by atoms with Crippen LogP contribution >= 0.6 is 0 Å². The molecule has 0 aliphatic rings. The Morgan fingerprint density at radius 3 is 2.25 bits per heavy atom. The predicted octanol–water partition coefficient (Wildman–Crippen LogP) is -2.48. The summed E-state index contributed by atoms with van der Waals surface area (Å²) in [7, 11) is 0. The molecular weight excluding hydrogens is 213 g/mol. The van der Waals surface area contributed by atoms with Crippen molar-refractivity contribution < 1.29 is 32.7 Å². The number of halogens is 1. The monoisotopic (exact) mass is 224 g/mol. The van der Waals surface area contributed by atoms with Gasteiger partial charge in [-0.2, -0.15) is 0 Å². The zero-order chi connectivity index (χ0) is 7.61. The molecule has 0 fully saturated rings. The Morgan fingerprint density at radius 2 is 1.88 bits per heavy atom. The largest absolute Gasteiger partial charge is 1.00 e. The second-order valence-electron chi connectivity index (χ2n) is 1.28. The smallest absolute Gasteiger partial charge is 0.168 e. The van der Waals surface area contributed by atoms with Crippen LogP contribution in [0.4, 0.5) is 0 Å². The van der Waals surface area contributed by atoms with E-state index < -0.39 is 6.98 Å². The lowest BCUT2D eigenvalue weighted by molar-refractivity contribution is -0.671. The van der Waals surface area contributed by atoms with E-state index in [1.807, 2.05) is 0 Å². The summed E-state index contributed by atoms with van der Waals surface area (Å²) in [5, 5.41) is 0. The predicted molar refractivity (Wildman–Crippen MR) is 27.6 cm³/mol. The third kappa shape index (κ3) is 2.26. The molecule has 44 valence electrons. The van der Waals surface area contributed by atoms with Crippen LogP contribution in [-0.4, -0.2) is 0 Å². The second-order valence-corrected chi connectivity index (χ2v) is 1.28. The molecular formula is C6H8IN. The minimum atomic E-state index is -2.04. The summed E-state index contributed by atoms with van der Waals surface area (Å²) < 4.78 is 22.1. The van der Waals surface area contributed by atoms with Gasteiger partial charge in [0.1, 0.15) is 11.1 Å². The highest BCUT2D eigenvalue weighted by Gasteiger charge is 1.78. The Morgan fingerprint density at radius 1 is 1.25 bits per heavy atom. The van der Waals surface area contributed by atoms with Gasteiger partial charge < -0.3 is 24.0 Å². The van der Waals surface area contributed by atoms with Crippen LogP contribution in [0.1, 0.15) is 4.11 Å². The molecule has 1 nitrogen and oxygen atoms in total. The van der Waals surface area contributed by atoms with Crippen molar-refractivity contribution in [1.82, 2.24) is 0 Å². The van der Waals surface area contributed by atoms with Crippen molar-refractivity contribution in [3.63, 3.8) is 0 Å². The number of aromatic nitrogens is 1. The van der Waals surface area contributed by atoms with Crippen LogP contribution in [0.25, 0.3) is 0 Å². The van der Waals surface area contributed by atoms with Gasteiger partial charge in [0, 0.05) is 12.1 Å². The number of hydrogen-bond donors (Lipinski definition) is 0. The van der Waals surface area contributed by atoms with Crippen molar-refractivity contribution in [1.29, 1.82) is 0 Å². The van der Waals surface area contributed by atoms with Gasteiger partial charge in [0.15, 0.2) is 12.4 Å². The first kappa shape index (κ1) is 3.82. The summed E-state index contributed by atoms with van der Waals surface area (Å²) in [5.74, 6) is 0. The number of nitrogens with zero attached hydrogens (tertiary/aromatic N) is 1. The van der Waals surface area contributed by atoms with Gasteiger partial charge in [0.2, 0.25) is 0 Å². The topological polar surface area (TPSA) is 3.88 Å². The van der Waals surface area contributed by atoms with E-state index >= 15 is 0 Å². The van der Waals surface area contributed by atoms with Crippen LogP contribution in [0.5, 0.6) is 0 Å². The van der Waals surface area contributed by atoms with Crippen LogP contribution in [-0.2, 0) is 6.98 Å². The van der Waals surface area contributed by atoms with Gasteiger partial charge >= 0.3 is 0 Å². The molecule has 0 amide bonds. The maximum Gasteiger partial charge on any atom is 0.168 e. The first-order valence-electron chi connectivity index (χ1n) is 3.57. The van der Waals surface area contributed by atoms with Crippen LogP contribution in [0.15, 0.2) is 30.6 Å². The SMILES string of the molecule is [2H]C([2H])([2H])[n+]1ccccc1.[I-]. The molecule has 2 heteroatoms. The molecule has 0 aromatic carbocycles. The molecule has 0 bridgehead atoms. The highest BCUT2D eigenvalue weighted by Crippen LogP contribution is 1.71. The highest BCUT2D eigenvalue weighted by atomic mass is 127. The summed E-state index contributed by atoms with van der Waals surface area (Å²) in [6.07, 6.45) is 3.04. The number of hydrogen-bond acceptors (Lipinski definition) is 0. The number of aryl methyl sites for hydroxylation is 1. The maximum absolute atomic E-state index is 6.97. The Kier molecular flexibility index (Phi) is 1.83. The summed E-state index contributed by atoms with van der Waals surface area (Å²) >= 11 is 0. The summed E-state index contributed by atoms with van der Waals surface area (Å²) in [5.41, 5.74) is 0. The average Bonchev–Trinajstić information content (AvgIpc) is 1.88. The molecule has 0 atom stereocenters. The highest BCUT2D eigenvalue weighted by molar-refractivity contribution is 4.83. The van der Waals surface area contributed by atoms with Crippen molar-refractivity contribution in [2.24, 2.45) is 6.98 Å². The number of rotatable bonds is 0. The van der Waals surface area contributed by atoms with Gasteiger partial charge in [-0.1, -0.05) is 6.07 Å². The lowest BCUT2D eigenvalue weighted by Crippen LogP contribution is -3.00. The Bertz CT molecular complexity index is 209. The minimum absolute atomic E-state index is 0. The van der Waals surface area contributed by atoms with E-state index in [4.69, 9.17) is 4.11 Å². The third-order valence-corrected chi connectivity index (χ3v) is 0.716. The molecule has 1 aromatic rings. The van der Waals surface area contributed by atoms with Gasteiger partial charge in [0.05, 0.1) is 0 Å². The van der Waals surface area contributed by atoms with E-state index in [1.165, 1.54) is 17.0 Å². The molecule has 0 spiro atoms. The quantitative estimate of drug-likeness (QED) is 0.339. The van der Waals surface area contributed by atoms with Crippen molar-refractivity contribution in [3.05, 3.63) is 30.6 Å². The first-order valence-corrected chi connectivity index (χ1v) is 2.07. The van der Waals surface area contributed by atoms with Crippen molar-refractivity contribution in [2.45, 2.75) is 0 Å². The molecule has 0 N–H and O–H groups in total. The Labute approximate surface area is 70.6 Å². The van der Waals surface area contributed by atoms with Crippen LogP contribution in [0.3, 0.4) is 0 Å². The zero-order valence-electron chi connectivity index (χ0n) is 7.21. The molecule has 0 aliphatic heterocycles. The van der Waals surface area contributed by atoms with Gasteiger partial charge in [-0.3, -0.25) is 0 Å². The maximum atomic E-state index is 6.97. The van der Waals surface area contributed by atoms with E-state index in [0.717, 1.165) is 0 Å². The molecule has 0 saturated carbocycles. The fourth-order valence-corrected chi connectivity index (χ4v) is 0.399. The summed E-state index contributed by atoms with van der Waals surface area (Å²) in [6.45, 7) is -2.04. The molecule has 0 radical (unpaired) electrons. The lowest BCUT2D eigenvalue weighted by atomic mass is 10.5. The fraction of sp³-hybridized carbons (Fsp3) is 0.167. The molecule has 1 aromatic heterocycles. The molecule has 0 unspecified atom stereocenters. The third-order valence-electron chi connectivity index (χ3n) is 0.716. The van der Waals surface area contributed by atoms with E-state index in [-0.39, 0.29) is 24.0 Å². The first-order chi connectivity index (χ1) is 4.61. The average molecular weight is 224 g/mol. The van der Waals surface area contributed by atoms with E-state index in [1.54, 1.807) is 18.2 Å². The van der Waals surface area contributed by atoms with Crippen LogP contribution < -0.4 is 28.5 Å². The molecule has 1 rings (SSSR count). The zero-order valence-corrected chi connectivity index (χ0v) is 6.37. The minimum Gasteiger partial charge on any atom is -1.00 e. The van der Waals surface area contributed by atoms with Crippen molar-refractivity contribution in [2.75, 3.05) is 0 Å². The summed E-state index contributed by atoms with van der Waals surface area (Å²) in [6, 6.07) is 5.15. The fourth-order valence-electron chi connectivity index (χ4n) is 0.399. The van der Waals surface area contributed by atoms with E-state index in [0.29, 0.717) is 0 Å². The van der Waals surface area contributed by atoms with Crippen molar-refractivity contribution >= 4 is 0 Å². The van der Waals surface area contributed by atoms with Crippen LogP contribution in [0, 0.1) is 0 Å². The molecule has 0 saturated heterocycles. The van der Waals surface area contributed by atoms with E-state index in [2.05, 4.69) is 0 Å². The van der Waals surface area contributed by atoms with Crippen molar-refractivity contribution in [3.8, 4) is 0 Å². The Hall–Kier alpha value is -0.120. The van der Waals surface area contributed by atoms with Gasteiger partial charge in [-0.25, -0.2) is 4.57 Å². The lowest BCUT2D eigenvalue weighted by Gasteiger charge is -1.77. The molecule has 1 heterocycles. The molecule has 0 aliphatic carbocycles. The molecule has 8 heavy (non-hydrogen) atoms. The standard InChI is InChI=1S/C6H8N.HI/c1-7-5-3-2-4-6-7;/h2-6H,1H3;1H/q+1;/p-1/i1D3;. The van der Waals surface area contributed by atoms with Gasteiger partial charge in [-0.15, -0.1) is 0 Å². The second kappa shape index (κ2) is 3.83. The van der Waals surface area contributed by atoms with Crippen LogP contribution in [0.2, 0.25) is 0 Å². The summed E-state index contributed by atoms with van der Waals surface area (Å²) in [4.78, 5) is 0. The van der Waals surface area contributed by atoms with Gasteiger partial charge in [0.25, 0.3) is 0 Å². The van der Waals surface area contributed by atoms with Gasteiger partial charge in [-0.05, 0) is 0 Å². The normalized spacial score (nSPS) is 14.8. The Balaban J connectivity index is 0.000001000. The van der Waals surface area contributed by atoms with E-state index in [9.17, 15) is 0 Å². The number of pyridine rings is 1.